The number of hydrogen-bond donors (Lipinski definition) is 1. The molecule has 0 heterocycles. The Labute approximate surface area is 164 Å². The predicted molar refractivity (Wildman–Crippen MR) is 104 cm³/mol. The summed E-state index contributed by atoms with van der Waals surface area (Å²) >= 11 is 0. The van der Waals surface area contributed by atoms with Crippen LogP contribution in [0.5, 0.6) is 5.75 Å². The molecule has 0 aliphatic heterocycles. The number of halogens is 1. The number of nitrogens with one attached hydrogen (secondary N) is 1. The van der Waals surface area contributed by atoms with Crippen molar-refractivity contribution in [2.45, 2.75) is 30.5 Å². The molecule has 0 unspecified atom stereocenters. The molecule has 0 radical (unpaired) electrons. The van der Waals surface area contributed by atoms with Crippen molar-refractivity contribution >= 4 is 15.7 Å². The van der Waals surface area contributed by atoms with E-state index < -0.39 is 26.8 Å². The van der Waals surface area contributed by atoms with E-state index in [-0.39, 0.29) is 17.0 Å². The second-order valence-corrected chi connectivity index (χ2v) is 8.91. The van der Waals surface area contributed by atoms with Crippen LogP contribution < -0.4 is 10.1 Å². The largest absolute Gasteiger partial charge is 0.491 e. The minimum atomic E-state index is -3.61. The van der Waals surface area contributed by atoms with Crippen LogP contribution >= 0.6 is 0 Å². The van der Waals surface area contributed by atoms with Gasteiger partial charge in [-0.25, -0.2) is 12.8 Å². The van der Waals surface area contributed by atoms with Crippen molar-refractivity contribution in [1.82, 2.24) is 5.32 Å². The normalized spacial score (nSPS) is 11.5. The number of ether oxygens (including phenoxy) is 2. The van der Waals surface area contributed by atoms with Gasteiger partial charge < -0.3 is 14.8 Å². The maximum atomic E-state index is 14.1. The monoisotopic (exact) mass is 409 g/mol. The average Bonchev–Trinajstić information content (AvgIpc) is 2.66. The number of carbonyl (C=O) groups excluding carboxylic acids is 1. The first-order valence-corrected chi connectivity index (χ1v) is 10.3. The number of methoxy groups -OCH3 is 1. The lowest BCUT2D eigenvalue weighted by molar-refractivity contribution is 0.0946. The molecule has 152 valence electrons. The molecule has 2 aromatic carbocycles. The Balaban J connectivity index is 2.10. The molecular weight excluding hydrogens is 385 g/mol. The van der Waals surface area contributed by atoms with Gasteiger partial charge in [-0.3, -0.25) is 4.79 Å². The summed E-state index contributed by atoms with van der Waals surface area (Å²) in [6.45, 7) is 4.05. The van der Waals surface area contributed by atoms with E-state index in [1.807, 2.05) is 0 Å². The van der Waals surface area contributed by atoms with Crippen LogP contribution in [0.1, 0.15) is 29.8 Å². The molecule has 0 aliphatic rings. The van der Waals surface area contributed by atoms with Crippen LogP contribution in [0, 0.1) is 5.82 Å². The van der Waals surface area contributed by atoms with Crippen molar-refractivity contribution in [2.24, 2.45) is 0 Å². The lowest BCUT2D eigenvalue weighted by atomic mass is 10.1. The van der Waals surface area contributed by atoms with E-state index in [0.29, 0.717) is 19.0 Å². The summed E-state index contributed by atoms with van der Waals surface area (Å²) in [6, 6.07) is 10.3. The van der Waals surface area contributed by atoms with E-state index in [1.54, 1.807) is 31.4 Å². The smallest absolute Gasteiger partial charge is 0.254 e. The molecule has 1 N–H and O–H groups in total. The van der Waals surface area contributed by atoms with Gasteiger partial charge in [0.15, 0.2) is 9.84 Å². The number of amides is 1. The highest BCUT2D eigenvalue weighted by Crippen LogP contribution is 2.20. The molecule has 2 aromatic rings. The summed E-state index contributed by atoms with van der Waals surface area (Å²) < 4.78 is 49.0. The van der Waals surface area contributed by atoms with Gasteiger partial charge in [0.25, 0.3) is 5.91 Å². The van der Waals surface area contributed by atoms with E-state index in [1.165, 1.54) is 19.9 Å². The fourth-order valence-electron chi connectivity index (χ4n) is 2.39. The van der Waals surface area contributed by atoms with Gasteiger partial charge in [0.2, 0.25) is 0 Å². The minimum Gasteiger partial charge on any atom is -0.491 e. The number of benzene rings is 2. The molecule has 1 amide bonds. The topological polar surface area (TPSA) is 81.7 Å². The highest BCUT2D eigenvalue weighted by atomic mass is 32.2. The third kappa shape index (κ3) is 5.53. The Morgan fingerprint density at radius 3 is 2.57 bits per heavy atom. The SMILES string of the molecule is COCCOc1cccc(CNC(=O)c2cc(S(=O)(=O)C(C)C)ccc2F)c1. The van der Waals surface area contributed by atoms with Gasteiger partial charge >= 0.3 is 0 Å². The van der Waals surface area contributed by atoms with E-state index in [9.17, 15) is 17.6 Å². The number of rotatable bonds is 9. The summed E-state index contributed by atoms with van der Waals surface area (Å²) in [7, 11) is -2.03. The predicted octanol–water partition coefficient (Wildman–Crippen LogP) is 2.96. The maximum Gasteiger partial charge on any atom is 0.254 e. The number of sulfone groups is 1. The van der Waals surface area contributed by atoms with Crippen LogP contribution in [-0.2, 0) is 21.1 Å². The van der Waals surface area contributed by atoms with Gasteiger partial charge in [0.1, 0.15) is 18.2 Å². The van der Waals surface area contributed by atoms with Crippen LogP contribution in [0.3, 0.4) is 0 Å². The highest BCUT2D eigenvalue weighted by Gasteiger charge is 2.22. The third-order valence-electron chi connectivity index (χ3n) is 4.04. The quantitative estimate of drug-likeness (QED) is 0.509. The molecule has 0 bridgehead atoms. The zero-order valence-corrected chi connectivity index (χ0v) is 16.9. The maximum absolute atomic E-state index is 14.1. The van der Waals surface area contributed by atoms with E-state index in [0.717, 1.165) is 17.7 Å². The zero-order chi connectivity index (χ0) is 20.7. The Morgan fingerprint density at radius 2 is 1.89 bits per heavy atom. The van der Waals surface area contributed by atoms with Crippen LogP contribution in [0.4, 0.5) is 4.39 Å². The van der Waals surface area contributed by atoms with Crippen molar-refractivity contribution in [2.75, 3.05) is 20.3 Å². The molecule has 0 atom stereocenters. The Bertz CT molecular complexity index is 928. The van der Waals surface area contributed by atoms with E-state index >= 15 is 0 Å². The fraction of sp³-hybridized carbons (Fsp3) is 0.350. The molecule has 2 rings (SSSR count). The van der Waals surface area contributed by atoms with Crippen molar-refractivity contribution in [1.29, 1.82) is 0 Å². The summed E-state index contributed by atoms with van der Waals surface area (Å²) in [5.74, 6) is -0.846. The van der Waals surface area contributed by atoms with Gasteiger partial charge in [-0.1, -0.05) is 12.1 Å². The lowest BCUT2D eigenvalue weighted by Gasteiger charge is -2.11. The van der Waals surface area contributed by atoms with Crippen molar-refractivity contribution < 1.29 is 27.1 Å². The first kappa shape index (κ1) is 21.8. The second kappa shape index (κ2) is 9.66. The summed E-state index contributed by atoms with van der Waals surface area (Å²) in [5.41, 5.74) is 0.448. The summed E-state index contributed by atoms with van der Waals surface area (Å²) in [6.07, 6.45) is 0. The van der Waals surface area contributed by atoms with E-state index in [2.05, 4.69) is 5.32 Å². The molecule has 0 saturated carbocycles. The minimum absolute atomic E-state index is 0.0809. The molecule has 0 spiro atoms. The molecule has 0 aliphatic carbocycles. The van der Waals surface area contributed by atoms with Gasteiger partial charge in [0.05, 0.1) is 22.3 Å². The van der Waals surface area contributed by atoms with Crippen LogP contribution in [0.2, 0.25) is 0 Å². The van der Waals surface area contributed by atoms with Gasteiger partial charge in [-0.05, 0) is 49.7 Å². The third-order valence-corrected chi connectivity index (χ3v) is 6.19. The molecule has 6 nitrogen and oxygen atoms in total. The zero-order valence-electron chi connectivity index (χ0n) is 16.1. The molecule has 0 fully saturated rings. The summed E-state index contributed by atoms with van der Waals surface area (Å²) in [4.78, 5) is 12.3. The molecule has 8 heteroatoms. The average molecular weight is 409 g/mol. The number of carbonyl (C=O) groups is 1. The van der Waals surface area contributed by atoms with Crippen molar-refractivity contribution in [3.8, 4) is 5.75 Å². The first-order valence-electron chi connectivity index (χ1n) is 8.78. The lowest BCUT2D eigenvalue weighted by Crippen LogP contribution is -2.24. The molecule has 0 aromatic heterocycles. The first-order chi connectivity index (χ1) is 13.3. The Hall–Kier alpha value is -2.45. The van der Waals surface area contributed by atoms with Crippen LogP contribution in [0.25, 0.3) is 0 Å². The summed E-state index contributed by atoms with van der Waals surface area (Å²) in [5, 5.41) is 1.93. The second-order valence-electron chi connectivity index (χ2n) is 6.41. The van der Waals surface area contributed by atoms with Gasteiger partial charge in [0, 0.05) is 13.7 Å². The van der Waals surface area contributed by atoms with Crippen molar-refractivity contribution in [3.05, 3.63) is 59.4 Å². The fourth-order valence-corrected chi connectivity index (χ4v) is 3.48. The van der Waals surface area contributed by atoms with Crippen LogP contribution in [0.15, 0.2) is 47.4 Å². The molecule has 0 saturated heterocycles. The van der Waals surface area contributed by atoms with Gasteiger partial charge in [-0.2, -0.15) is 0 Å². The Morgan fingerprint density at radius 1 is 1.14 bits per heavy atom. The highest BCUT2D eigenvalue weighted by molar-refractivity contribution is 7.92. The van der Waals surface area contributed by atoms with Gasteiger partial charge in [-0.15, -0.1) is 0 Å². The molecular formula is C20H24FNO5S. The Kier molecular flexibility index (Phi) is 7.53. The van der Waals surface area contributed by atoms with Crippen LogP contribution in [-0.4, -0.2) is 39.9 Å². The number of hydrogen-bond acceptors (Lipinski definition) is 5. The van der Waals surface area contributed by atoms with Crippen molar-refractivity contribution in [3.63, 3.8) is 0 Å². The standard InChI is InChI=1S/C20H24FNO5S/c1-14(2)28(24,25)17-7-8-19(21)18(12-17)20(23)22-13-15-5-4-6-16(11-15)27-10-9-26-3/h4-8,11-12,14H,9-10,13H2,1-3H3,(H,22,23). The molecule has 28 heavy (non-hydrogen) atoms. The van der Waals surface area contributed by atoms with E-state index in [4.69, 9.17) is 9.47 Å².